The molecular formula is C12H25NNa2O8. The fourth-order valence-electron chi connectivity index (χ4n) is 0.250. The summed E-state index contributed by atoms with van der Waals surface area (Å²) >= 11 is 0. The molecule has 0 aromatic carbocycles. The van der Waals surface area contributed by atoms with Crippen molar-refractivity contribution in [3.05, 3.63) is 0 Å². The summed E-state index contributed by atoms with van der Waals surface area (Å²) in [4.78, 5) is 35.8. The van der Waals surface area contributed by atoms with Gasteiger partial charge in [-0.25, -0.2) is 0 Å². The van der Waals surface area contributed by atoms with E-state index in [9.17, 15) is 0 Å². The molecule has 0 spiro atoms. The fourth-order valence-corrected chi connectivity index (χ4v) is 0.250. The van der Waals surface area contributed by atoms with Gasteiger partial charge in [-0.2, -0.15) is 0 Å². The molecule has 0 aliphatic rings. The average Bonchev–Trinajstić information content (AvgIpc) is 2.14. The third-order valence-corrected chi connectivity index (χ3v) is 0.500. The normalized spacial score (nSPS) is 6.17. The van der Waals surface area contributed by atoms with E-state index in [1.165, 1.54) is 0 Å². The minimum Gasteiger partial charge on any atom is -0.550 e. The summed E-state index contributed by atoms with van der Waals surface area (Å²) in [5, 5.41) is 35.7. The van der Waals surface area contributed by atoms with Crippen molar-refractivity contribution in [1.82, 2.24) is 5.32 Å². The molecular weight excluding hydrogens is 332 g/mol. The van der Waals surface area contributed by atoms with Gasteiger partial charge in [0.1, 0.15) is 0 Å². The van der Waals surface area contributed by atoms with Crippen LogP contribution >= 0.6 is 0 Å². The minimum atomic E-state index is -1.08. The van der Waals surface area contributed by atoms with Crippen LogP contribution in [0.1, 0.15) is 41.5 Å². The van der Waals surface area contributed by atoms with Gasteiger partial charge in [-0.3, -0.25) is 9.59 Å². The zero-order valence-corrected chi connectivity index (χ0v) is 19.3. The maximum atomic E-state index is 9.00. The fraction of sp³-hybridized carbons (Fsp3) is 0.667. The van der Waals surface area contributed by atoms with Crippen LogP contribution in [-0.4, -0.2) is 47.2 Å². The van der Waals surface area contributed by atoms with Crippen LogP contribution in [0.3, 0.4) is 0 Å². The number of aliphatic carboxylic acids is 4. The molecule has 0 aliphatic heterocycles. The van der Waals surface area contributed by atoms with Crippen LogP contribution in [0.5, 0.6) is 0 Å². The molecule has 0 saturated heterocycles. The molecule has 0 radical (unpaired) electrons. The minimum absolute atomic E-state index is 0. The summed E-state index contributed by atoms with van der Waals surface area (Å²) in [5.74, 6) is -3.83. The van der Waals surface area contributed by atoms with E-state index in [1.54, 1.807) is 0 Å². The van der Waals surface area contributed by atoms with Crippen LogP contribution in [0.25, 0.3) is 0 Å². The van der Waals surface area contributed by atoms with Crippen molar-refractivity contribution in [3.8, 4) is 0 Å². The topological polar surface area (TPSA) is 167 Å². The molecule has 0 atom stereocenters. The van der Waals surface area contributed by atoms with Gasteiger partial charge >= 0.3 is 59.1 Å². The van der Waals surface area contributed by atoms with E-state index in [4.69, 9.17) is 39.6 Å². The van der Waals surface area contributed by atoms with Crippen LogP contribution in [0, 0.1) is 0 Å². The third kappa shape index (κ3) is 2540. The van der Waals surface area contributed by atoms with E-state index in [1.807, 2.05) is 0 Å². The zero-order valence-electron chi connectivity index (χ0n) is 15.3. The number of rotatable bonds is 2. The van der Waals surface area contributed by atoms with Gasteiger partial charge in [0, 0.05) is 25.8 Å². The maximum Gasteiger partial charge on any atom is 1.00 e. The first-order valence-corrected chi connectivity index (χ1v) is 5.79. The molecule has 0 heterocycles. The standard InChI is InChI=1S/C4H11N.4C2H4O2.2Na/c1-3-5-4-2;4*1-2(3)4;;/h5H,3-4H2,1-2H3;4*1H3,(H,3,4);;/q;;;;;2*+1/p-2. The smallest absolute Gasteiger partial charge is 0.550 e. The molecule has 0 bridgehead atoms. The van der Waals surface area contributed by atoms with Gasteiger partial charge in [0.15, 0.2) is 0 Å². The summed E-state index contributed by atoms with van der Waals surface area (Å²) in [5.41, 5.74) is 0. The summed E-state index contributed by atoms with van der Waals surface area (Å²) < 4.78 is 0. The Labute approximate surface area is 181 Å². The second-order valence-corrected chi connectivity index (χ2v) is 2.98. The quantitative estimate of drug-likeness (QED) is 0.407. The van der Waals surface area contributed by atoms with E-state index in [0.717, 1.165) is 40.8 Å². The Balaban J connectivity index is -0.0000000273. The van der Waals surface area contributed by atoms with Gasteiger partial charge in [0.05, 0.1) is 0 Å². The monoisotopic (exact) mass is 357 g/mol. The molecule has 0 aromatic heterocycles. The average molecular weight is 357 g/mol. The van der Waals surface area contributed by atoms with Crippen molar-refractivity contribution in [1.29, 1.82) is 0 Å². The van der Waals surface area contributed by atoms with Crippen molar-refractivity contribution in [3.63, 3.8) is 0 Å². The molecule has 0 rings (SSSR count). The molecule has 128 valence electrons. The van der Waals surface area contributed by atoms with Gasteiger partial charge in [0.2, 0.25) is 0 Å². The molecule has 0 aliphatic carbocycles. The van der Waals surface area contributed by atoms with Crippen molar-refractivity contribution >= 4 is 23.9 Å². The van der Waals surface area contributed by atoms with Gasteiger partial charge < -0.3 is 35.3 Å². The number of carboxylic acids is 4. The van der Waals surface area contributed by atoms with Crippen molar-refractivity contribution in [2.75, 3.05) is 13.1 Å². The predicted molar refractivity (Wildman–Crippen MR) is 72.2 cm³/mol. The SMILES string of the molecule is CC(=O)O.CC(=O)O.CC(=O)[O-].CC(=O)[O-].CCNCC.[Na+].[Na+]. The summed E-state index contributed by atoms with van der Waals surface area (Å²) in [6.07, 6.45) is 0. The van der Waals surface area contributed by atoms with E-state index >= 15 is 0 Å². The number of hydrogen-bond acceptors (Lipinski definition) is 7. The van der Waals surface area contributed by atoms with E-state index in [-0.39, 0.29) is 59.1 Å². The Kier molecular flexibility index (Phi) is 81.3. The number of nitrogens with one attached hydrogen (secondary N) is 1. The predicted octanol–water partition coefficient (Wildman–Crippen LogP) is -7.68. The van der Waals surface area contributed by atoms with E-state index in [2.05, 4.69) is 19.2 Å². The van der Waals surface area contributed by atoms with Crippen LogP contribution in [0.4, 0.5) is 0 Å². The molecule has 11 heteroatoms. The Bertz CT molecular complexity index is 210. The first-order chi connectivity index (χ1) is 9.34. The van der Waals surface area contributed by atoms with E-state index in [0.29, 0.717) is 0 Å². The molecule has 0 unspecified atom stereocenters. The maximum absolute atomic E-state index is 9.00. The van der Waals surface area contributed by atoms with Crippen LogP contribution in [0.15, 0.2) is 0 Å². The van der Waals surface area contributed by atoms with Crippen LogP contribution < -0.4 is 74.6 Å². The largest absolute Gasteiger partial charge is 1.00 e. The van der Waals surface area contributed by atoms with Crippen LogP contribution in [-0.2, 0) is 19.2 Å². The second-order valence-electron chi connectivity index (χ2n) is 2.98. The number of carboxylic acid groups (broad SMARTS) is 4. The van der Waals surface area contributed by atoms with Gasteiger partial charge in [-0.1, -0.05) is 13.8 Å². The molecule has 0 saturated carbocycles. The Hall–Kier alpha value is -0.160. The molecule has 9 nitrogen and oxygen atoms in total. The zero-order chi connectivity index (χ0) is 18.4. The summed E-state index contributed by atoms with van der Waals surface area (Å²) in [6.45, 7) is 10.5. The molecule has 0 aromatic rings. The number of carbonyl (C=O) groups excluding carboxylic acids is 2. The Morgan fingerprint density at radius 3 is 0.826 bits per heavy atom. The van der Waals surface area contributed by atoms with E-state index < -0.39 is 23.9 Å². The van der Waals surface area contributed by atoms with Gasteiger partial charge in [-0.15, -0.1) is 0 Å². The second kappa shape index (κ2) is 43.1. The molecule has 0 amide bonds. The first kappa shape index (κ1) is 43.4. The Morgan fingerprint density at radius 1 is 0.739 bits per heavy atom. The number of carbonyl (C=O) groups is 4. The number of hydrogen-bond donors (Lipinski definition) is 3. The molecule has 3 N–H and O–H groups in total. The summed E-state index contributed by atoms with van der Waals surface area (Å²) in [6, 6.07) is 0. The Morgan fingerprint density at radius 2 is 0.826 bits per heavy atom. The molecule has 0 fully saturated rings. The van der Waals surface area contributed by atoms with Crippen LogP contribution in [0.2, 0.25) is 0 Å². The van der Waals surface area contributed by atoms with Crippen molar-refractivity contribution in [2.45, 2.75) is 41.5 Å². The van der Waals surface area contributed by atoms with Gasteiger partial charge in [0.25, 0.3) is 11.9 Å². The molecule has 23 heavy (non-hydrogen) atoms. The summed E-state index contributed by atoms with van der Waals surface area (Å²) in [7, 11) is 0. The van der Waals surface area contributed by atoms with Gasteiger partial charge in [-0.05, 0) is 26.9 Å². The van der Waals surface area contributed by atoms with Crippen molar-refractivity contribution in [2.24, 2.45) is 0 Å². The first-order valence-electron chi connectivity index (χ1n) is 5.79. The van der Waals surface area contributed by atoms with Crippen molar-refractivity contribution < 1.29 is 98.7 Å². The third-order valence-electron chi connectivity index (χ3n) is 0.500.